The van der Waals surface area contributed by atoms with Crippen LogP contribution in [0.15, 0.2) is 30.3 Å². The highest BCUT2D eigenvalue weighted by molar-refractivity contribution is 7.15. The van der Waals surface area contributed by atoms with Gasteiger partial charge in [0.2, 0.25) is 11.0 Å². The number of nitrogens with one attached hydrogen (secondary N) is 2. The van der Waals surface area contributed by atoms with Crippen molar-refractivity contribution in [3.8, 4) is 0 Å². The Bertz CT molecular complexity index is 634. The maximum atomic E-state index is 11.8. The summed E-state index contributed by atoms with van der Waals surface area (Å²) in [6.45, 7) is 5.62. The lowest BCUT2D eigenvalue weighted by Gasteiger charge is -2.21. The van der Waals surface area contributed by atoms with Gasteiger partial charge in [-0.15, -0.1) is 22.6 Å². The van der Waals surface area contributed by atoms with Crippen LogP contribution >= 0.6 is 23.7 Å². The lowest BCUT2D eigenvalue weighted by atomic mass is 9.85. The monoisotopic (exact) mass is 370 g/mol. The average molecular weight is 371 g/mol. The van der Waals surface area contributed by atoms with Crippen LogP contribution in [-0.4, -0.2) is 42.9 Å². The van der Waals surface area contributed by atoms with Gasteiger partial charge < -0.3 is 10.1 Å². The first kappa shape index (κ1) is 20.5. The quantitative estimate of drug-likeness (QED) is 0.698. The summed E-state index contributed by atoms with van der Waals surface area (Å²) in [6, 6.07) is 10.1. The number of carbonyl (C=O) groups is 1. The fraction of sp³-hybridized carbons (Fsp3) is 0.438. The number of benzene rings is 1. The van der Waals surface area contributed by atoms with Gasteiger partial charge in [0, 0.05) is 19.1 Å². The minimum atomic E-state index is -0.251. The van der Waals surface area contributed by atoms with Crippen molar-refractivity contribution >= 4 is 34.8 Å². The maximum Gasteiger partial charge on any atom is 0.240 e. The Morgan fingerprint density at radius 3 is 2.62 bits per heavy atom. The highest BCUT2D eigenvalue weighted by atomic mass is 35.5. The molecule has 0 fully saturated rings. The van der Waals surface area contributed by atoms with E-state index in [1.165, 1.54) is 11.3 Å². The van der Waals surface area contributed by atoms with E-state index in [9.17, 15) is 4.79 Å². The number of carbonyl (C=O) groups excluding carboxylic acids is 1. The fourth-order valence-corrected chi connectivity index (χ4v) is 2.93. The number of halogens is 1. The molecule has 1 amide bonds. The number of aromatic nitrogens is 2. The van der Waals surface area contributed by atoms with Crippen LogP contribution in [0.25, 0.3) is 0 Å². The first-order valence-electron chi connectivity index (χ1n) is 7.43. The van der Waals surface area contributed by atoms with Gasteiger partial charge in [0.05, 0.1) is 13.2 Å². The van der Waals surface area contributed by atoms with Crippen LogP contribution in [0.1, 0.15) is 24.4 Å². The highest BCUT2D eigenvalue weighted by Gasteiger charge is 2.27. The Labute approximate surface area is 152 Å². The van der Waals surface area contributed by atoms with Crippen molar-refractivity contribution in [1.29, 1.82) is 0 Å². The summed E-state index contributed by atoms with van der Waals surface area (Å²) in [7, 11) is 1.62. The zero-order valence-electron chi connectivity index (χ0n) is 14.0. The Kier molecular flexibility index (Phi) is 8.27. The third-order valence-electron chi connectivity index (χ3n) is 3.47. The molecule has 0 saturated carbocycles. The first-order valence-corrected chi connectivity index (χ1v) is 8.24. The molecule has 1 heterocycles. The lowest BCUT2D eigenvalue weighted by molar-refractivity contribution is -0.115. The Morgan fingerprint density at radius 2 is 1.96 bits per heavy atom. The van der Waals surface area contributed by atoms with Gasteiger partial charge in [-0.2, -0.15) is 0 Å². The van der Waals surface area contributed by atoms with E-state index in [0.717, 1.165) is 10.6 Å². The van der Waals surface area contributed by atoms with Gasteiger partial charge in [-0.3, -0.25) is 10.1 Å². The molecule has 1 aromatic heterocycles. The van der Waals surface area contributed by atoms with Crippen LogP contribution in [-0.2, 0) is 14.9 Å². The molecule has 0 bridgehead atoms. The lowest BCUT2D eigenvalue weighted by Crippen LogP contribution is -2.30. The molecule has 0 aliphatic carbocycles. The second-order valence-corrected chi connectivity index (χ2v) is 6.60. The predicted molar refractivity (Wildman–Crippen MR) is 99.1 cm³/mol. The van der Waals surface area contributed by atoms with E-state index in [2.05, 4.69) is 46.8 Å². The van der Waals surface area contributed by atoms with Crippen molar-refractivity contribution in [3.05, 3.63) is 40.9 Å². The van der Waals surface area contributed by atoms with E-state index in [-0.39, 0.29) is 30.3 Å². The SMILES string of the molecule is COCCNCC(=O)Nc1nnc(C(C)(C)c2ccccc2)s1.Cl. The molecule has 132 valence electrons. The minimum absolute atomic E-state index is 0. The fourth-order valence-electron chi connectivity index (χ4n) is 2.04. The molecule has 24 heavy (non-hydrogen) atoms. The summed E-state index contributed by atoms with van der Waals surface area (Å²) >= 11 is 1.40. The molecule has 2 aromatic rings. The van der Waals surface area contributed by atoms with Crippen LogP contribution in [0.4, 0.5) is 5.13 Å². The topological polar surface area (TPSA) is 76.1 Å². The summed E-state index contributed by atoms with van der Waals surface area (Å²) in [5.74, 6) is -0.138. The number of hydrogen-bond donors (Lipinski definition) is 2. The molecule has 8 heteroatoms. The predicted octanol–water partition coefficient (Wildman–Crippen LogP) is 2.46. The molecule has 0 radical (unpaired) electrons. The maximum absolute atomic E-state index is 11.8. The van der Waals surface area contributed by atoms with Crippen LogP contribution in [0, 0.1) is 0 Å². The van der Waals surface area contributed by atoms with Gasteiger partial charge in [-0.1, -0.05) is 41.7 Å². The van der Waals surface area contributed by atoms with Crippen LogP contribution in [0.5, 0.6) is 0 Å². The number of anilines is 1. The van der Waals surface area contributed by atoms with Gasteiger partial charge in [0.25, 0.3) is 0 Å². The molecule has 0 atom stereocenters. The number of amides is 1. The number of methoxy groups -OCH3 is 1. The summed E-state index contributed by atoms with van der Waals surface area (Å²) in [6.07, 6.45) is 0. The Morgan fingerprint density at radius 1 is 1.25 bits per heavy atom. The number of hydrogen-bond acceptors (Lipinski definition) is 6. The van der Waals surface area contributed by atoms with Crippen molar-refractivity contribution in [3.63, 3.8) is 0 Å². The molecule has 6 nitrogen and oxygen atoms in total. The largest absolute Gasteiger partial charge is 0.383 e. The zero-order chi connectivity index (χ0) is 16.7. The normalized spacial score (nSPS) is 11.0. The summed E-state index contributed by atoms with van der Waals surface area (Å²) in [5, 5.41) is 15.5. The molecule has 0 aliphatic heterocycles. The summed E-state index contributed by atoms with van der Waals surface area (Å²) < 4.78 is 4.91. The van der Waals surface area contributed by atoms with Gasteiger partial charge >= 0.3 is 0 Å². The average Bonchev–Trinajstić information content (AvgIpc) is 3.02. The molecular weight excluding hydrogens is 348 g/mol. The van der Waals surface area contributed by atoms with Crippen molar-refractivity contribution in [2.45, 2.75) is 19.3 Å². The summed E-state index contributed by atoms with van der Waals surface area (Å²) in [4.78, 5) is 11.8. The van der Waals surface area contributed by atoms with E-state index >= 15 is 0 Å². The Hall–Kier alpha value is -1.54. The summed E-state index contributed by atoms with van der Waals surface area (Å²) in [5.41, 5.74) is 0.911. The van der Waals surface area contributed by atoms with Crippen molar-refractivity contribution in [1.82, 2.24) is 15.5 Å². The van der Waals surface area contributed by atoms with Crippen molar-refractivity contribution in [2.75, 3.05) is 32.1 Å². The second kappa shape index (κ2) is 9.68. The molecular formula is C16H23ClN4O2S. The smallest absolute Gasteiger partial charge is 0.240 e. The molecule has 0 spiro atoms. The third-order valence-corrected chi connectivity index (χ3v) is 4.63. The molecule has 2 rings (SSSR count). The van der Waals surface area contributed by atoms with E-state index in [0.29, 0.717) is 18.3 Å². The number of nitrogens with zero attached hydrogens (tertiary/aromatic N) is 2. The second-order valence-electron chi connectivity index (χ2n) is 5.62. The molecule has 1 aromatic carbocycles. The zero-order valence-corrected chi connectivity index (χ0v) is 15.7. The highest BCUT2D eigenvalue weighted by Crippen LogP contribution is 2.34. The van der Waals surface area contributed by atoms with E-state index < -0.39 is 0 Å². The number of ether oxygens (including phenoxy) is 1. The van der Waals surface area contributed by atoms with Gasteiger partial charge in [-0.25, -0.2) is 0 Å². The van der Waals surface area contributed by atoms with E-state index in [4.69, 9.17) is 4.74 Å². The van der Waals surface area contributed by atoms with Crippen LogP contribution < -0.4 is 10.6 Å². The van der Waals surface area contributed by atoms with Crippen LogP contribution in [0.2, 0.25) is 0 Å². The van der Waals surface area contributed by atoms with Gasteiger partial charge in [0.15, 0.2) is 0 Å². The molecule has 0 saturated heterocycles. The van der Waals surface area contributed by atoms with E-state index in [1.807, 2.05) is 18.2 Å². The molecule has 2 N–H and O–H groups in total. The van der Waals surface area contributed by atoms with E-state index in [1.54, 1.807) is 7.11 Å². The molecule has 0 aliphatic rings. The van der Waals surface area contributed by atoms with Crippen molar-refractivity contribution < 1.29 is 9.53 Å². The standard InChI is InChI=1S/C16H22N4O2S.ClH/c1-16(2,12-7-5-4-6-8-12)14-19-20-15(23-14)18-13(21)11-17-9-10-22-3;/h4-8,17H,9-11H2,1-3H3,(H,18,20,21);1H. The number of rotatable bonds is 8. The minimum Gasteiger partial charge on any atom is -0.383 e. The van der Waals surface area contributed by atoms with Gasteiger partial charge in [-0.05, 0) is 19.4 Å². The Balaban J connectivity index is 0.00000288. The van der Waals surface area contributed by atoms with Gasteiger partial charge in [0.1, 0.15) is 5.01 Å². The first-order chi connectivity index (χ1) is 11.0. The third kappa shape index (κ3) is 5.52. The van der Waals surface area contributed by atoms with Crippen molar-refractivity contribution in [2.24, 2.45) is 0 Å². The van der Waals surface area contributed by atoms with Crippen LogP contribution in [0.3, 0.4) is 0 Å². The molecule has 0 unspecified atom stereocenters.